The van der Waals surface area contributed by atoms with Crippen molar-refractivity contribution in [2.24, 2.45) is 0 Å². The Kier molecular flexibility index (Phi) is 6.88. The first-order chi connectivity index (χ1) is 12.4. The Balaban J connectivity index is 1.74. The molecule has 0 saturated carbocycles. The number of likely N-dealkylation sites (tertiary alicyclic amines) is 1. The fourth-order valence-corrected chi connectivity index (χ4v) is 2.55. The van der Waals surface area contributed by atoms with Crippen molar-refractivity contribution in [3.8, 4) is 0 Å². The van der Waals surface area contributed by atoms with Gasteiger partial charge in [-0.1, -0.05) is 0 Å². The lowest BCUT2D eigenvalue weighted by molar-refractivity contribution is -0.125. The Morgan fingerprint density at radius 1 is 1.19 bits per heavy atom. The Morgan fingerprint density at radius 3 is 2.50 bits per heavy atom. The molecule has 0 radical (unpaired) electrons. The molecule has 1 aromatic rings. The van der Waals surface area contributed by atoms with E-state index in [1.54, 1.807) is 11.8 Å². The number of nitrogens with one attached hydrogen (secondary N) is 1. The fraction of sp³-hybridized carbons (Fsp3) is 0.471. The van der Waals surface area contributed by atoms with E-state index >= 15 is 0 Å². The molecule has 0 spiro atoms. The van der Waals surface area contributed by atoms with Gasteiger partial charge in [0.1, 0.15) is 11.6 Å². The van der Waals surface area contributed by atoms with Crippen molar-refractivity contribution in [3.05, 3.63) is 35.4 Å². The van der Waals surface area contributed by atoms with E-state index in [9.17, 15) is 23.2 Å². The zero-order valence-electron chi connectivity index (χ0n) is 14.3. The standard InChI is InChI=1S/C17H20F2N2O5/c1-2-25-17(24)21-7-5-12(6-8-21)20-15(22)10-26-16(23)13-4-3-11(18)9-14(13)19/h3-4,9,12H,2,5-8,10H2,1H3,(H,20,22). The zero-order chi connectivity index (χ0) is 19.1. The minimum Gasteiger partial charge on any atom is -0.452 e. The second kappa shape index (κ2) is 9.12. The summed E-state index contributed by atoms with van der Waals surface area (Å²) in [4.78, 5) is 36.7. The van der Waals surface area contributed by atoms with Crippen molar-refractivity contribution in [2.45, 2.75) is 25.8 Å². The van der Waals surface area contributed by atoms with Gasteiger partial charge in [0.2, 0.25) is 0 Å². The minimum absolute atomic E-state index is 0.158. The third kappa shape index (κ3) is 5.40. The monoisotopic (exact) mass is 370 g/mol. The van der Waals surface area contributed by atoms with Gasteiger partial charge in [-0.05, 0) is 31.9 Å². The summed E-state index contributed by atoms with van der Waals surface area (Å²) in [5, 5.41) is 2.69. The van der Waals surface area contributed by atoms with Gasteiger partial charge in [-0.25, -0.2) is 18.4 Å². The molecule has 1 N–H and O–H groups in total. The lowest BCUT2D eigenvalue weighted by atomic mass is 10.1. The first-order valence-electron chi connectivity index (χ1n) is 8.24. The van der Waals surface area contributed by atoms with Crippen molar-refractivity contribution < 1.29 is 32.6 Å². The number of hydrogen-bond acceptors (Lipinski definition) is 5. The maximum Gasteiger partial charge on any atom is 0.409 e. The number of ether oxygens (including phenoxy) is 2. The molecular weight excluding hydrogens is 350 g/mol. The van der Waals surface area contributed by atoms with E-state index in [0.29, 0.717) is 38.6 Å². The quantitative estimate of drug-likeness (QED) is 0.800. The third-order valence-corrected chi connectivity index (χ3v) is 3.87. The van der Waals surface area contributed by atoms with Crippen molar-refractivity contribution >= 4 is 18.0 Å². The number of halogens is 2. The molecule has 2 amide bonds. The molecule has 26 heavy (non-hydrogen) atoms. The van der Waals surface area contributed by atoms with Gasteiger partial charge in [0.15, 0.2) is 6.61 Å². The van der Waals surface area contributed by atoms with E-state index in [4.69, 9.17) is 9.47 Å². The summed E-state index contributed by atoms with van der Waals surface area (Å²) >= 11 is 0. The number of carbonyl (C=O) groups excluding carboxylic acids is 3. The van der Waals surface area contributed by atoms with E-state index < -0.39 is 35.7 Å². The second-order valence-corrected chi connectivity index (χ2v) is 5.73. The van der Waals surface area contributed by atoms with E-state index in [1.165, 1.54) is 0 Å². The van der Waals surface area contributed by atoms with Crippen LogP contribution < -0.4 is 5.32 Å². The molecule has 1 fully saturated rings. The summed E-state index contributed by atoms with van der Waals surface area (Å²) in [6.07, 6.45) is 0.712. The predicted molar refractivity (Wildman–Crippen MR) is 86.4 cm³/mol. The average molecular weight is 370 g/mol. The van der Waals surface area contributed by atoms with Crippen molar-refractivity contribution in [2.75, 3.05) is 26.3 Å². The van der Waals surface area contributed by atoms with E-state index in [2.05, 4.69) is 5.32 Å². The summed E-state index contributed by atoms with van der Waals surface area (Å²) in [5.41, 5.74) is -0.443. The van der Waals surface area contributed by atoms with Crippen LogP contribution in [0.4, 0.5) is 13.6 Å². The van der Waals surface area contributed by atoms with Gasteiger partial charge in [-0.15, -0.1) is 0 Å². The van der Waals surface area contributed by atoms with Gasteiger partial charge in [0.05, 0.1) is 12.2 Å². The normalized spacial score (nSPS) is 14.7. The van der Waals surface area contributed by atoms with E-state index in [0.717, 1.165) is 12.1 Å². The maximum atomic E-state index is 13.5. The van der Waals surface area contributed by atoms with Gasteiger partial charge in [0.25, 0.3) is 5.91 Å². The Labute approximate surface area is 149 Å². The van der Waals surface area contributed by atoms with Crippen LogP contribution in [0, 0.1) is 11.6 Å². The van der Waals surface area contributed by atoms with Crippen LogP contribution in [0.25, 0.3) is 0 Å². The third-order valence-electron chi connectivity index (χ3n) is 3.87. The molecule has 9 heteroatoms. The van der Waals surface area contributed by atoms with Crippen molar-refractivity contribution in [3.63, 3.8) is 0 Å². The molecule has 0 bridgehead atoms. The Hall–Kier alpha value is -2.71. The number of rotatable bonds is 5. The Bertz CT molecular complexity index is 675. The molecule has 2 rings (SSSR count). The van der Waals surface area contributed by atoms with Crippen LogP contribution in [-0.4, -0.2) is 55.2 Å². The number of nitrogens with zero attached hydrogens (tertiary/aromatic N) is 1. The molecule has 1 aliphatic heterocycles. The molecule has 142 valence electrons. The van der Waals surface area contributed by atoms with Gasteiger partial charge < -0.3 is 19.7 Å². The molecule has 1 saturated heterocycles. The second-order valence-electron chi connectivity index (χ2n) is 5.73. The minimum atomic E-state index is -1.05. The van der Waals surface area contributed by atoms with Crippen LogP contribution in [0.2, 0.25) is 0 Å². The highest BCUT2D eigenvalue weighted by Crippen LogP contribution is 2.12. The summed E-state index contributed by atoms with van der Waals surface area (Å²) in [6.45, 7) is 2.35. The number of amides is 2. The number of carbonyl (C=O) groups is 3. The maximum absolute atomic E-state index is 13.5. The molecule has 0 unspecified atom stereocenters. The van der Waals surface area contributed by atoms with Crippen LogP contribution >= 0.6 is 0 Å². The van der Waals surface area contributed by atoms with Crippen LogP contribution in [0.3, 0.4) is 0 Å². The summed E-state index contributed by atoms with van der Waals surface area (Å²) in [5.74, 6) is -3.45. The largest absolute Gasteiger partial charge is 0.452 e. The summed E-state index contributed by atoms with van der Waals surface area (Å²) in [7, 11) is 0. The SMILES string of the molecule is CCOC(=O)N1CCC(NC(=O)COC(=O)c2ccc(F)cc2F)CC1. The first-order valence-corrected chi connectivity index (χ1v) is 8.24. The number of benzene rings is 1. The van der Waals surface area contributed by atoms with E-state index in [1.807, 2.05) is 0 Å². The van der Waals surface area contributed by atoms with Gasteiger partial charge in [0, 0.05) is 25.2 Å². The highest BCUT2D eigenvalue weighted by Gasteiger charge is 2.25. The van der Waals surface area contributed by atoms with Crippen molar-refractivity contribution in [1.29, 1.82) is 0 Å². The molecule has 0 aliphatic carbocycles. The van der Waals surface area contributed by atoms with Crippen LogP contribution in [0.1, 0.15) is 30.1 Å². The van der Waals surface area contributed by atoms with E-state index in [-0.39, 0.29) is 12.1 Å². The summed E-state index contributed by atoms with van der Waals surface area (Å²) < 4.78 is 35.9. The molecular formula is C17H20F2N2O5. The smallest absolute Gasteiger partial charge is 0.409 e. The predicted octanol–water partition coefficient (Wildman–Crippen LogP) is 1.86. The number of piperidine rings is 1. The van der Waals surface area contributed by atoms with Crippen LogP contribution in [0.5, 0.6) is 0 Å². The fourth-order valence-electron chi connectivity index (χ4n) is 2.55. The van der Waals surface area contributed by atoms with Gasteiger partial charge >= 0.3 is 12.1 Å². The molecule has 0 atom stereocenters. The topological polar surface area (TPSA) is 84.9 Å². The lowest BCUT2D eigenvalue weighted by Gasteiger charge is -2.31. The zero-order valence-corrected chi connectivity index (χ0v) is 14.3. The number of hydrogen-bond donors (Lipinski definition) is 1. The number of esters is 1. The molecule has 1 aromatic carbocycles. The molecule has 1 heterocycles. The molecule has 7 nitrogen and oxygen atoms in total. The van der Waals surface area contributed by atoms with Crippen LogP contribution in [0.15, 0.2) is 18.2 Å². The van der Waals surface area contributed by atoms with Gasteiger partial charge in [-0.2, -0.15) is 0 Å². The van der Waals surface area contributed by atoms with Gasteiger partial charge in [-0.3, -0.25) is 4.79 Å². The van der Waals surface area contributed by atoms with Crippen molar-refractivity contribution in [1.82, 2.24) is 10.2 Å². The average Bonchev–Trinajstić information content (AvgIpc) is 2.60. The lowest BCUT2D eigenvalue weighted by Crippen LogP contribution is -2.47. The Morgan fingerprint density at radius 2 is 1.88 bits per heavy atom. The van der Waals surface area contributed by atoms with Crippen LogP contribution in [-0.2, 0) is 14.3 Å². The highest BCUT2D eigenvalue weighted by atomic mass is 19.1. The first kappa shape index (κ1) is 19.6. The molecule has 1 aliphatic rings. The molecule has 0 aromatic heterocycles. The highest BCUT2D eigenvalue weighted by molar-refractivity contribution is 5.91. The summed E-state index contributed by atoms with van der Waals surface area (Å²) in [6, 6.07) is 2.29.